The molecule has 8 nitrogen and oxygen atoms in total. The van der Waals surface area contributed by atoms with Gasteiger partial charge in [-0.25, -0.2) is 19.9 Å². The summed E-state index contributed by atoms with van der Waals surface area (Å²) in [6.45, 7) is 4.77. The number of imidazole rings is 1. The van der Waals surface area contributed by atoms with Gasteiger partial charge in [0.2, 0.25) is 11.9 Å². The summed E-state index contributed by atoms with van der Waals surface area (Å²) in [5.41, 5.74) is 9.91. The van der Waals surface area contributed by atoms with Crippen LogP contribution in [0.1, 0.15) is 12.5 Å². The van der Waals surface area contributed by atoms with E-state index in [1.165, 1.54) is 5.56 Å². The fourth-order valence-electron chi connectivity index (χ4n) is 2.82. The molecule has 3 aromatic heterocycles. The van der Waals surface area contributed by atoms with Crippen molar-refractivity contribution in [2.75, 3.05) is 11.1 Å². The van der Waals surface area contributed by atoms with Crippen LogP contribution in [0.2, 0.25) is 0 Å². The lowest BCUT2D eigenvalue weighted by Crippen LogP contribution is -2.03. The zero-order valence-corrected chi connectivity index (χ0v) is 14.5. The van der Waals surface area contributed by atoms with Crippen molar-refractivity contribution in [2.45, 2.75) is 20.4 Å². The molecule has 0 bridgehead atoms. The van der Waals surface area contributed by atoms with Crippen molar-refractivity contribution in [3.63, 3.8) is 0 Å². The van der Waals surface area contributed by atoms with Crippen molar-refractivity contribution in [3.05, 3.63) is 48.3 Å². The Morgan fingerprint density at radius 1 is 1.12 bits per heavy atom. The molecule has 0 aliphatic carbocycles. The second-order valence-corrected chi connectivity index (χ2v) is 5.88. The van der Waals surface area contributed by atoms with Crippen LogP contribution < -0.4 is 11.1 Å². The van der Waals surface area contributed by atoms with E-state index in [1.54, 1.807) is 18.5 Å². The first-order valence-corrected chi connectivity index (χ1v) is 8.30. The second kappa shape index (κ2) is 6.40. The van der Waals surface area contributed by atoms with Gasteiger partial charge in [-0.15, -0.1) is 0 Å². The molecule has 0 aliphatic rings. The molecule has 4 rings (SSSR count). The number of anilines is 3. The highest BCUT2D eigenvalue weighted by Gasteiger charge is 2.15. The summed E-state index contributed by atoms with van der Waals surface area (Å²) < 4.78 is 1.99. The van der Waals surface area contributed by atoms with Crippen LogP contribution in [0, 0.1) is 6.92 Å². The number of hydrogen-bond acceptors (Lipinski definition) is 7. The zero-order chi connectivity index (χ0) is 18.1. The number of nitrogens with two attached hydrogens (primary N) is 1. The summed E-state index contributed by atoms with van der Waals surface area (Å²) in [6, 6.07) is 9.83. The number of aromatic nitrogens is 6. The van der Waals surface area contributed by atoms with Crippen LogP contribution in [-0.4, -0.2) is 29.5 Å². The molecule has 1 aromatic carbocycles. The maximum atomic E-state index is 5.71. The normalized spacial score (nSPS) is 11.0. The van der Waals surface area contributed by atoms with Gasteiger partial charge in [0.05, 0.1) is 6.20 Å². The number of nitrogens with zero attached hydrogens (tertiary/aromatic N) is 6. The Kier molecular flexibility index (Phi) is 3.92. The van der Waals surface area contributed by atoms with Crippen molar-refractivity contribution in [1.29, 1.82) is 0 Å². The van der Waals surface area contributed by atoms with E-state index in [0.29, 0.717) is 29.5 Å². The maximum absolute atomic E-state index is 5.71. The summed E-state index contributed by atoms with van der Waals surface area (Å²) in [5.74, 6) is 1.43. The number of nitrogens with one attached hydrogen (secondary N) is 1. The van der Waals surface area contributed by atoms with E-state index in [4.69, 9.17) is 5.73 Å². The van der Waals surface area contributed by atoms with Crippen molar-refractivity contribution in [1.82, 2.24) is 29.5 Å². The van der Waals surface area contributed by atoms with Crippen molar-refractivity contribution < 1.29 is 0 Å². The number of nitrogen functional groups attached to an aromatic ring is 1. The topological polar surface area (TPSA) is 107 Å². The summed E-state index contributed by atoms with van der Waals surface area (Å²) >= 11 is 0. The molecule has 3 heterocycles. The molecule has 0 amide bonds. The van der Waals surface area contributed by atoms with Gasteiger partial charge in [-0.1, -0.05) is 12.1 Å². The predicted molar refractivity (Wildman–Crippen MR) is 101 cm³/mol. The molecule has 3 N–H and O–H groups in total. The molecule has 0 saturated heterocycles. The van der Waals surface area contributed by atoms with E-state index in [2.05, 4.69) is 30.2 Å². The predicted octanol–water partition coefficient (Wildman–Crippen LogP) is 2.94. The van der Waals surface area contributed by atoms with Crippen molar-refractivity contribution in [3.8, 4) is 11.5 Å². The van der Waals surface area contributed by atoms with Crippen LogP contribution in [-0.2, 0) is 6.54 Å². The van der Waals surface area contributed by atoms with Crippen LogP contribution in [0.4, 0.5) is 17.6 Å². The Morgan fingerprint density at radius 2 is 2.00 bits per heavy atom. The van der Waals surface area contributed by atoms with Gasteiger partial charge in [-0.05, 0) is 37.6 Å². The summed E-state index contributed by atoms with van der Waals surface area (Å²) in [4.78, 5) is 21.8. The molecule has 0 spiro atoms. The molecule has 4 aromatic rings. The average molecular weight is 346 g/mol. The summed E-state index contributed by atoms with van der Waals surface area (Å²) in [7, 11) is 0. The summed E-state index contributed by atoms with van der Waals surface area (Å²) in [6.07, 6.45) is 3.33. The Balaban J connectivity index is 1.78. The highest BCUT2D eigenvalue weighted by molar-refractivity contribution is 5.77. The average Bonchev–Trinajstić information content (AvgIpc) is 2.99. The number of benzene rings is 1. The van der Waals surface area contributed by atoms with E-state index in [0.717, 1.165) is 11.3 Å². The number of hydrogen-bond donors (Lipinski definition) is 2. The van der Waals surface area contributed by atoms with Gasteiger partial charge in [0.1, 0.15) is 11.2 Å². The quantitative estimate of drug-likeness (QED) is 0.585. The molecular weight excluding hydrogens is 328 g/mol. The first-order valence-electron chi connectivity index (χ1n) is 8.30. The molecule has 0 atom stereocenters. The van der Waals surface area contributed by atoms with E-state index in [-0.39, 0.29) is 5.95 Å². The highest BCUT2D eigenvalue weighted by atomic mass is 15.2. The monoisotopic (exact) mass is 346 g/mol. The lowest BCUT2D eigenvalue weighted by atomic mass is 10.2. The lowest BCUT2D eigenvalue weighted by molar-refractivity contribution is 0.783. The number of fused-ring (bicyclic) bond motifs is 1. The molecule has 130 valence electrons. The number of rotatable bonds is 4. The third kappa shape index (κ3) is 2.92. The van der Waals surface area contributed by atoms with Gasteiger partial charge in [0, 0.05) is 18.4 Å². The molecule has 0 aliphatic heterocycles. The molecule has 8 heteroatoms. The second-order valence-electron chi connectivity index (χ2n) is 5.88. The first kappa shape index (κ1) is 15.9. The van der Waals surface area contributed by atoms with Gasteiger partial charge in [0.25, 0.3) is 0 Å². The third-order valence-corrected chi connectivity index (χ3v) is 3.98. The van der Waals surface area contributed by atoms with E-state index in [1.807, 2.05) is 42.7 Å². The first-order chi connectivity index (χ1) is 12.6. The van der Waals surface area contributed by atoms with Gasteiger partial charge >= 0.3 is 0 Å². The van der Waals surface area contributed by atoms with Gasteiger partial charge in [-0.3, -0.25) is 0 Å². The van der Waals surface area contributed by atoms with Crippen LogP contribution in [0.25, 0.3) is 22.7 Å². The Labute approximate surface area is 150 Å². The molecule has 26 heavy (non-hydrogen) atoms. The van der Waals surface area contributed by atoms with Crippen LogP contribution >= 0.6 is 0 Å². The smallest absolute Gasteiger partial charge is 0.229 e. The minimum atomic E-state index is 0.213. The SMILES string of the molecule is CCn1c(-c2ccnc(N)n2)nc2cnc(Nc3cccc(C)c3)nc21. The van der Waals surface area contributed by atoms with Crippen molar-refractivity contribution in [2.24, 2.45) is 0 Å². The molecule has 0 radical (unpaired) electrons. The zero-order valence-electron chi connectivity index (χ0n) is 14.5. The Morgan fingerprint density at radius 3 is 2.77 bits per heavy atom. The fraction of sp³-hybridized carbons (Fsp3) is 0.167. The van der Waals surface area contributed by atoms with E-state index < -0.39 is 0 Å². The van der Waals surface area contributed by atoms with Gasteiger partial charge in [0.15, 0.2) is 11.5 Å². The third-order valence-electron chi connectivity index (χ3n) is 3.98. The van der Waals surface area contributed by atoms with E-state index in [9.17, 15) is 0 Å². The summed E-state index contributed by atoms with van der Waals surface area (Å²) in [5, 5.41) is 3.24. The largest absolute Gasteiger partial charge is 0.368 e. The van der Waals surface area contributed by atoms with Crippen LogP contribution in [0.5, 0.6) is 0 Å². The fourth-order valence-corrected chi connectivity index (χ4v) is 2.82. The molecule has 0 fully saturated rings. The molecule has 0 saturated carbocycles. The Hall–Kier alpha value is -3.55. The van der Waals surface area contributed by atoms with E-state index >= 15 is 0 Å². The van der Waals surface area contributed by atoms with Crippen molar-refractivity contribution >= 4 is 28.7 Å². The molecular formula is C18H18N8. The standard InChI is InChI=1S/C18H18N8/c1-3-26-15(13-7-8-20-17(19)24-13)23-14-10-21-18(25-16(14)26)22-12-6-4-5-11(2)9-12/h4-10H,3H2,1-2H3,(H2,19,20,24)(H,21,22,25). The minimum Gasteiger partial charge on any atom is -0.368 e. The van der Waals surface area contributed by atoms with Gasteiger partial charge in [-0.2, -0.15) is 4.98 Å². The molecule has 0 unspecified atom stereocenters. The highest BCUT2D eigenvalue weighted by Crippen LogP contribution is 2.23. The maximum Gasteiger partial charge on any atom is 0.229 e. The lowest BCUT2D eigenvalue weighted by Gasteiger charge is -2.07. The van der Waals surface area contributed by atoms with Crippen LogP contribution in [0.3, 0.4) is 0 Å². The van der Waals surface area contributed by atoms with Crippen LogP contribution in [0.15, 0.2) is 42.7 Å². The minimum absolute atomic E-state index is 0.213. The Bertz CT molecular complexity index is 1090. The van der Waals surface area contributed by atoms with Gasteiger partial charge < -0.3 is 15.6 Å². The number of aryl methyl sites for hydroxylation is 2.